The van der Waals surface area contributed by atoms with E-state index in [0.717, 1.165) is 23.1 Å². The lowest BCUT2D eigenvalue weighted by Crippen LogP contribution is -2.12. The highest BCUT2D eigenvalue weighted by molar-refractivity contribution is 6.13. The maximum atomic E-state index is 11.1. The minimum absolute atomic E-state index is 0.312. The number of terminal acetylenes is 1. The van der Waals surface area contributed by atoms with Crippen molar-refractivity contribution in [2.24, 2.45) is 4.99 Å². The van der Waals surface area contributed by atoms with Crippen LogP contribution in [0.15, 0.2) is 65.7 Å². The van der Waals surface area contributed by atoms with Crippen LogP contribution in [-0.4, -0.2) is 18.0 Å². The van der Waals surface area contributed by atoms with Crippen LogP contribution in [0.4, 0.5) is 0 Å². The third-order valence-electron chi connectivity index (χ3n) is 2.87. The first-order valence-corrected chi connectivity index (χ1v) is 6.42. The number of nitrogens with zero attached hydrogens (tertiary/aromatic N) is 1. The van der Waals surface area contributed by atoms with E-state index in [4.69, 9.17) is 6.42 Å². The van der Waals surface area contributed by atoms with Gasteiger partial charge >= 0.3 is 0 Å². The van der Waals surface area contributed by atoms with Crippen molar-refractivity contribution in [1.29, 1.82) is 0 Å². The van der Waals surface area contributed by atoms with Crippen LogP contribution in [0.25, 0.3) is 0 Å². The van der Waals surface area contributed by atoms with E-state index in [0.29, 0.717) is 6.42 Å². The second-order valence-corrected chi connectivity index (χ2v) is 4.32. The molecule has 2 nitrogen and oxygen atoms in total. The van der Waals surface area contributed by atoms with Gasteiger partial charge in [-0.05, 0) is 0 Å². The van der Waals surface area contributed by atoms with Gasteiger partial charge in [-0.2, -0.15) is 0 Å². The molecule has 2 rings (SSSR count). The fourth-order valence-corrected chi connectivity index (χ4v) is 1.92. The summed E-state index contributed by atoms with van der Waals surface area (Å²) in [4.78, 5) is 15.6. The van der Waals surface area contributed by atoms with Gasteiger partial charge in [-0.25, -0.2) is 0 Å². The van der Waals surface area contributed by atoms with Gasteiger partial charge < -0.3 is 4.79 Å². The first-order chi connectivity index (χ1) is 9.85. The molecule has 0 saturated carbocycles. The molecule has 2 aromatic rings. The Labute approximate surface area is 119 Å². The first-order valence-electron chi connectivity index (χ1n) is 6.42. The van der Waals surface area contributed by atoms with E-state index in [1.165, 1.54) is 0 Å². The third kappa shape index (κ3) is 3.43. The summed E-state index contributed by atoms with van der Waals surface area (Å²) in [5.74, 6) is 2.49. The van der Waals surface area contributed by atoms with Crippen LogP contribution in [0, 0.1) is 12.3 Å². The SMILES string of the molecule is C#CCC(C=O)N=C(c1ccccc1)c1ccccc1. The molecule has 0 saturated heterocycles. The van der Waals surface area contributed by atoms with Crippen LogP contribution in [0.2, 0.25) is 0 Å². The summed E-state index contributed by atoms with van der Waals surface area (Å²) in [5, 5.41) is 0. The quantitative estimate of drug-likeness (QED) is 0.462. The first kappa shape index (κ1) is 13.8. The van der Waals surface area contributed by atoms with Crippen LogP contribution >= 0.6 is 0 Å². The summed E-state index contributed by atoms with van der Waals surface area (Å²) in [7, 11) is 0. The summed E-state index contributed by atoms with van der Waals surface area (Å²) >= 11 is 0. The lowest BCUT2D eigenvalue weighted by Gasteiger charge is -2.10. The zero-order valence-corrected chi connectivity index (χ0v) is 11.1. The largest absolute Gasteiger partial charge is 0.301 e. The van der Waals surface area contributed by atoms with Gasteiger partial charge in [0.2, 0.25) is 0 Å². The second-order valence-electron chi connectivity index (χ2n) is 4.32. The predicted octanol–water partition coefficient (Wildman–Crippen LogP) is 3.11. The number of hydrogen-bond acceptors (Lipinski definition) is 2. The van der Waals surface area contributed by atoms with Crippen LogP contribution in [0.3, 0.4) is 0 Å². The average Bonchev–Trinajstić information content (AvgIpc) is 2.53. The maximum Gasteiger partial charge on any atom is 0.145 e. The van der Waals surface area contributed by atoms with E-state index in [2.05, 4.69) is 10.9 Å². The van der Waals surface area contributed by atoms with Crippen LogP contribution in [-0.2, 0) is 4.79 Å². The van der Waals surface area contributed by atoms with Gasteiger partial charge in [0, 0.05) is 17.5 Å². The van der Waals surface area contributed by atoms with E-state index in [-0.39, 0.29) is 0 Å². The number of aliphatic imine (C=N–C) groups is 1. The van der Waals surface area contributed by atoms with E-state index in [1.54, 1.807) is 0 Å². The Kier molecular flexibility index (Phi) is 4.86. The van der Waals surface area contributed by atoms with Crippen molar-refractivity contribution in [2.75, 3.05) is 0 Å². The fraction of sp³-hybridized carbons (Fsp3) is 0.111. The Bertz CT molecular complexity index is 582. The Morgan fingerprint density at radius 3 is 1.95 bits per heavy atom. The zero-order chi connectivity index (χ0) is 14.2. The molecule has 0 N–H and O–H groups in total. The number of carbonyl (C=O) groups is 1. The molecule has 0 amide bonds. The minimum atomic E-state index is -0.504. The van der Waals surface area contributed by atoms with Crippen molar-refractivity contribution < 1.29 is 4.79 Å². The van der Waals surface area contributed by atoms with E-state index < -0.39 is 6.04 Å². The molecule has 1 atom stereocenters. The molecule has 0 heterocycles. The maximum absolute atomic E-state index is 11.1. The summed E-state index contributed by atoms with van der Waals surface area (Å²) in [6.07, 6.45) is 6.39. The van der Waals surface area contributed by atoms with Crippen LogP contribution < -0.4 is 0 Å². The molecule has 0 bridgehead atoms. The van der Waals surface area contributed by atoms with E-state index in [9.17, 15) is 4.79 Å². The van der Waals surface area contributed by atoms with Gasteiger partial charge in [-0.3, -0.25) is 4.99 Å². The highest BCUT2D eigenvalue weighted by Crippen LogP contribution is 2.12. The van der Waals surface area contributed by atoms with Gasteiger partial charge in [-0.15, -0.1) is 12.3 Å². The van der Waals surface area contributed by atoms with Crippen LogP contribution in [0.1, 0.15) is 17.5 Å². The lowest BCUT2D eigenvalue weighted by molar-refractivity contribution is -0.108. The van der Waals surface area contributed by atoms with Gasteiger partial charge in [0.1, 0.15) is 12.3 Å². The molecule has 0 fully saturated rings. The summed E-state index contributed by atoms with van der Waals surface area (Å²) in [5.41, 5.74) is 2.74. The molecule has 0 aromatic heterocycles. The van der Waals surface area contributed by atoms with Gasteiger partial charge in [0.25, 0.3) is 0 Å². The van der Waals surface area contributed by atoms with Crippen molar-refractivity contribution >= 4 is 12.0 Å². The van der Waals surface area contributed by atoms with E-state index in [1.807, 2.05) is 60.7 Å². The number of aldehydes is 1. The van der Waals surface area contributed by atoms with Crippen molar-refractivity contribution in [2.45, 2.75) is 12.5 Å². The molecule has 0 aliphatic heterocycles. The molecule has 2 heteroatoms. The molecule has 0 aliphatic carbocycles. The molecular formula is C18H15NO. The van der Waals surface area contributed by atoms with Crippen molar-refractivity contribution in [3.05, 3.63) is 71.8 Å². The average molecular weight is 261 g/mol. The summed E-state index contributed by atoms with van der Waals surface area (Å²) in [6, 6.07) is 19.1. The monoisotopic (exact) mass is 261 g/mol. The summed E-state index contributed by atoms with van der Waals surface area (Å²) < 4.78 is 0. The number of rotatable bonds is 5. The highest BCUT2D eigenvalue weighted by atomic mass is 16.1. The van der Waals surface area contributed by atoms with Crippen molar-refractivity contribution in [3.8, 4) is 12.3 Å². The van der Waals surface area contributed by atoms with Gasteiger partial charge in [0.05, 0.1) is 5.71 Å². The molecule has 1 unspecified atom stereocenters. The fourth-order valence-electron chi connectivity index (χ4n) is 1.92. The molecular weight excluding hydrogens is 246 g/mol. The zero-order valence-electron chi connectivity index (χ0n) is 11.1. The molecule has 0 radical (unpaired) electrons. The Hall–Kier alpha value is -2.66. The van der Waals surface area contributed by atoms with Crippen molar-refractivity contribution in [1.82, 2.24) is 0 Å². The predicted molar refractivity (Wildman–Crippen MR) is 81.8 cm³/mol. The van der Waals surface area contributed by atoms with E-state index >= 15 is 0 Å². The molecule has 98 valence electrons. The normalized spacial score (nSPS) is 11.2. The Morgan fingerprint density at radius 1 is 1.05 bits per heavy atom. The van der Waals surface area contributed by atoms with Crippen molar-refractivity contribution in [3.63, 3.8) is 0 Å². The Morgan fingerprint density at radius 2 is 1.55 bits per heavy atom. The topological polar surface area (TPSA) is 29.4 Å². The lowest BCUT2D eigenvalue weighted by atomic mass is 10.0. The minimum Gasteiger partial charge on any atom is -0.301 e. The summed E-state index contributed by atoms with van der Waals surface area (Å²) in [6.45, 7) is 0. The number of hydrogen-bond donors (Lipinski definition) is 0. The van der Waals surface area contributed by atoms with Gasteiger partial charge in [0.15, 0.2) is 0 Å². The molecule has 0 aliphatic rings. The second kappa shape index (κ2) is 7.06. The number of benzene rings is 2. The standard InChI is InChI=1S/C18H15NO/c1-2-9-17(14-20)19-18(15-10-5-3-6-11-15)16-12-7-4-8-13-16/h1,3-8,10-14,17H,9H2. The highest BCUT2D eigenvalue weighted by Gasteiger charge is 2.10. The Balaban J connectivity index is 2.48. The molecule has 20 heavy (non-hydrogen) atoms. The smallest absolute Gasteiger partial charge is 0.145 e. The molecule has 2 aromatic carbocycles. The third-order valence-corrected chi connectivity index (χ3v) is 2.87. The number of carbonyl (C=O) groups excluding carboxylic acids is 1. The molecule has 0 spiro atoms. The van der Waals surface area contributed by atoms with Crippen LogP contribution in [0.5, 0.6) is 0 Å². The van der Waals surface area contributed by atoms with Gasteiger partial charge in [-0.1, -0.05) is 60.7 Å².